The summed E-state index contributed by atoms with van der Waals surface area (Å²) in [5, 5.41) is 52.3. The topological polar surface area (TPSA) is 148 Å². The normalized spacial score (nSPS) is 11.7. The number of rotatable bonds is 2. The quantitative estimate of drug-likeness (QED) is 0.445. The summed E-state index contributed by atoms with van der Waals surface area (Å²) in [6.07, 6.45) is 0. The van der Waals surface area contributed by atoms with Gasteiger partial charge < -0.3 is 5.32 Å². The number of hydrogen-bond donors (Lipinski definition) is 2. The predicted octanol–water partition coefficient (Wildman–Crippen LogP) is 4.53. The van der Waals surface area contributed by atoms with Gasteiger partial charge in [-0.05, 0) is 25.0 Å². The van der Waals surface area contributed by atoms with E-state index in [4.69, 9.17) is 5.41 Å². The fourth-order valence-electron chi connectivity index (χ4n) is 4.42. The molecule has 2 N–H and O–H groups in total. The third kappa shape index (κ3) is 3.11. The van der Waals surface area contributed by atoms with Crippen molar-refractivity contribution in [2.75, 3.05) is 5.32 Å². The molecule has 2 aromatic carbocycles. The van der Waals surface area contributed by atoms with Crippen LogP contribution in [0.15, 0.2) is 48.5 Å². The standard InChI is InChI=1S/C28H16N8/c1-15-3-7-17(8-4-15)23-19(11-29)25-22(14-32)26(33)35-28-21(13-31)24(18-9-5-16(2)6-10-18)34-27(36(25)28)20(23)12-30/h3-10,33-34H,1-2H3. The van der Waals surface area contributed by atoms with E-state index < -0.39 is 0 Å². The van der Waals surface area contributed by atoms with Crippen molar-refractivity contribution in [3.8, 4) is 35.4 Å². The SMILES string of the molecule is Cc1ccc(C2=C(C#N)c3nc(=N)c(C#N)c4c(C#N)c(-c5ccc(C)cc5)c(C#N)c(n34)N2)cc1. The van der Waals surface area contributed by atoms with E-state index >= 15 is 0 Å². The van der Waals surface area contributed by atoms with E-state index in [0.717, 1.165) is 11.1 Å². The molecule has 168 valence electrons. The van der Waals surface area contributed by atoms with Crippen molar-refractivity contribution in [2.24, 2.45) is 0 Å². The lowest BCUT2D eigenvalue weighted by Crippen LogP contribution is -2.25. The Balaban J connectivity index is 2.03. The number of nitrogens with one attached hydrogen (secondary N) is 2. The van der Waals surface area contributed by atoms with Gasteiger partial charge in [-0.1, -0.05) is 59.7 Å². The van der Waals surface area contributed by atoms with Gasteiger partial charge in [0.2, 0.25) is 0 Å². The lowest BCUT2D eigenvalue weighted by atomic mass is 9.92. The van der Waals surface area contributed by atoms with Crippen LogP contribution in [-0.4, -0.2) is 9.38 Å². The van der Waals surface area contributed by atoms with Crippen molar-refractivity contribution in [2.45, 2.75) is 13.8 Å². The Kier molecular flexibility index (Phi) is 5.07. The molecule has 5 rings (SSSR count). The van der Waals surface area contributed by atoms with Crippen LogP contribution in [0.4, 0.5) is 5.82 Å². The summed E-state index contributed by atoms with van der Waals surface area (Å²) >= 11 is 0. The molecule has 8 heteroatoms. The zero-order valence-corrected chi connectivity index (χ0v) is 19.3. The number of aryl methyl sites for hydroxylation is 2. The van der Waals surface area contributed by atoms with Crippen LogP contribution >= 0.6 is 0 Å². The average Bonchev–Trinajstić information content (AvgIpc) is 2.89. The maximum absolute atomic E-state index is 10.3. The summed E-state index contributed by atoms with van der Waals surface area (Å²) in [5.41, 5.74) is 4.14. The maximum Gasteiger partial charge on any atom is 0.167 e. The monoisotopic (exact) mass is 464 g/mol. The largest absolute Gasteiger partial charge is 0.338 e. The van der Waals surface area contributed by atoms with Crippen molar-refractivity contribution >= 4 is 22.6 Å². The number of nitrogens with zero attached hydrogens (tertiary/aromatic N) is 6. The Morgan fingerprint density at radius 1 is 0.750 bits per heavy atom. The first-order chi connectivity index (χ1) is 17.4. The van der Waals surface area contributed by atoms with Crippen molar-refractivity contribution < 1.29 is 0 Å². The number of pyridine rings is 1. The van der Waals surface area contributed by atoms with Gasteiger partial charge in [-0.15, -0.1) is 0 Å². The predicted molar refractivity (Wildman–Crippen MR) is 133 cm³/mol. The van der Waals surface area contributed by atoms with Crippen molar-refractivity contribution in [1.82, 2.24) is 9.38 Å². The minimum Gasteiger partial charge on any atom is -0.338 e. The highest BCUT2D eigenvalue weighted by Gasteiger charge is 2.31. The minimum atomic E-state index is -0.354. The molecule has 2 aromatic heterocycles. The molecule has 0 fully saturated rings. The molecule has 36 heavy (non-hydrogen) atoms. The Morgan fingerprint density at radius 2 is 1.31 bits per heavy atom. The first-order valence-electron chi connectivity index (χ1n) is 10.9. The molecule has 0 aliphatic carbocycles. The smallest absolute Gasteiger partial charge is 0.167 e. The Bertz CT molecular complexity index is 1860. The van der Waals surface area contributed by atoms with Gasteiger partial charge >= 0.3 is 0 Å². The average molecular weight is 464 g/mol. The first-order valence-corrected chi connectivity index (χ1v) is 10.9. The summed E-state index contributed by atoms with van der Waals surface area (Å²) in [5.74, 6) is 0.361. The second-order valence-corrected chi connectivity index (χ2v) is 8.37. The highest BCUT2D eigenvalue weighted by atomic mass is 15.1. The Hall–Kier alpha value is -5.70. The molecule has 0 atom stereocenters. The van der Waals surface area contributed by atoms with E-state index in [1.54, 1.807) is 0 Å². The number of nitriles is 4. The zero-order chi connectivity index (χ0) is 25.6. The first kappa shape index (κ1) is 22.1. The highest BCUT2D eigenvalue weighted by Crippen LogP contribution is 2.41. The van der Waals surface area contributed by atoms with E-state index in [9.17, 15) is 21.0 Å². The minimum absolute atomic E-state index is 0.0609. The van der Waals surface area contributed by atoms with Gasteiger partial charge in [-0.25, -0.2) is 4.98 Å². The van der Waals surface area contributed by atoms with Crippen LogP contribution < -0.4 is 10.8 Å². The van der Waals surface area contributed by atoms with E-state index in [-0.39, 0.29) is 44.9 Å². The fraction of sp³-hybridized carbons (Fsp3) is 0.0714. The molecular weight excluding hydrogens is 448 g/mol. The highest BCUT2D eigenvalue weighted by molar-refractivity contribution is 6.05. The van der Waals surface area contributed by atoms with Crippen LogP contribution in [0.2, 0.25) is 0 Å². The van der Waals surface area contributed by atoms with E-state index in [1.165, 1.54) is 4.40 Å². The van der Waals surface area contributed by atoms with Crippen LogP contribution in [-0.2, 0) is 0 Å². The molecule has 0 spiro atoms. The van der Waals surface area contributed by atoms with Gasteiger partial charge in [0.15, 0.2) is 11.3 Å². The molecule has 0 unspecified atom stereocenters. The van der Waals surface area contributed by atoms with Crippen LogP contribution in [0.25, 0.3) is 27.9 Å². The number of anilines is 1. The summed E-state index contributed by atoms with van der Waals surface area (Å²) in [6, 6.07) is 23.4. The number of aromatic nitrogens is 2. The molecule has 0 bridgehead atoms. The molecule has 4 aromatic rings. The van der Waals surface area contributed by atoms with Gasteiger partial charge in [0, 0.05) is 5.56 Å². The van der Waals surface area contributed by atoms with Gasteiger partial charge in [0.05, 0.1) is 16.8 Å². The summed E-state index contributed by atoms with van der Waals surface area (Å²) < 4.78 is 1.45. The molecule has 1 aliphatic rings. The fourth-order valence-corrected chi connectivity index (χ4v) is 4.42. The summed E-state index contributed by atoms with van der Waals surface area (Å²) in [7, 11) is 0. The van der Waals surface area contributed by atoms with E-state index in [2.05, 4.69) is 28.5 Å². The Labute approximate surface area is 206 Å². The molecule has 1 aliphatic heterocycles. The maximum atomic E-state index is 10.3. The van der Waals surface area contributed by atoms with E-state index in [1.807, 2.05) is 68.4 Å². The van der Waals surface area contributed by atoms with Gasteiger partial charge in [-0.3, -0.25) is 9.81 Å². The van der Waals surface area contributed by atoms with Gasteiger partial charge in [0.1, 0.15) is 46.8 Å². The number of hydrogen-bond acceptors (Lipinski definition) is 7. The van der Waals surface area contributed by atoms with Gasteiger partial charge in [-0.2, -0.15) is 21.0 Å². The second-order valence-electron chi connectivity index (χ2n) is 8.37. The molecule has 0 saturated carbocycles. The third-order valence-corrected chi connectivity index (χ3v) is 6.17. The second kappa shape index (κ2) is 8.26. The Morgan fingerprint density at radius 3 is 1.83 bits per heavy atom. The lowest BCUT2D eigenvalue weighted by molar-refractivity contribution is 0.954. The van der Waals surface area contributed by atoms with E-state index in [0.29, 0.717) is 22.4 Å². The molecule has 8 nitrogen and oxygen atoms in total. The molecule has 3 heterocycles. The molecule has 0 radical (unpaired) electrons. The van der Waals surface area contributed by atoms with Crippen LogP contribution in [0, 0.1) is 64.6 Å². The van der Waals surface area contributed by atoms with Crippen molar-refractivity contribution in [3.05, 3.63) is 93.2 Å². The summed E-state index contributed by atoms with van der Waals surface area (Å²) in [4.78, 5) is 4.28. The van der Waals surface area contributed by atoms with Crippen molar-refractivity contribution in [1.29, 1.82) is 26.5 Å². The van der Waals surface area contributed by atoms with Crippen LogP contribution in [0.1, 0.15) is 39.2 Å². The van der Waals surface area contributed by atoms with Crippen LogP contribution in [0.3, 0.4) is 0 Å². The van der Waals surface area contributed by atoms with Crippen LogP contribution in [0.5, 0.6) is 0 Å². The summed E-state index contributed by atoms with van der Waals surface area (Å²) in [6.45, 7) is 3.88. The molecule has 0 amide bonds. The number of allylic oxidation sites excluding steroid dienone is 1. The third-order valence-electron chi connectivity index (χ3n) is 6.17. The van der Waals surface area contributed by atoms with Crippen molar-refractivity contribution in [3.63, 3.8) is 0 Å². The lowest BCUT2D eigenvalue weighted by Gasteiger charge is -2.27. The molecular formula is C28H16N8. The zero-order valence-electron chi connectivity index (χ0n) is 19.3. The molecule has 0 saturated heterocycles. The number of benzene rings is 2. The van der Waals surface area contributed by atoms with Gasteiger partial charge in [0.25, 0.3) is 0 Å².